The Bertz CT molecular complexity index is 530. The van der Waals surface area contributed by atoms with Crippen molar-refractivity contribution in [3.05, 3.63) is 36.3 Å². The summed E-state index contributed by atoms with van der Waals surface area (Å²) in [5.41, 5.74) is 1.25. The molecule has 0 spiro atoms. The molecule has 0 radical (unpaired) electrons. The largest absolute Gasteiger partial charge is 0.372 e. The second kappa shape index (κ2) is 4.36. The molecule has 2 rings (SSSR count). The molecule has 0 fully saturated rings. The van der Waals surface area contributed by atoms with Crippen LogP contribution in [0.4, 0.5) is 5.82 Å². The Kier molecular flexibility index (Phi) is 2.74. The van der Waals surface area contributed by atoms with Gasteiger partial charge in [0.05, 0.1) is 6.20 Å². The molecule has 5 heteroatoms. The molecule has 0 unspecified atom stereocenters. The average Bonchev–Trinajstić information content (AvgIpc) is 2.39. The monoisotopic (exact) mass is 211 g/mol. The first-order valence-corrected chi connectivity index (χ1v) is 4.70. The first-order valence-electron chi connectivity index (χ1n) is 4.70. The maximum absolute atomic E-state index is 8.83. The first kappa shape index (κ1) is 10.1. The van der Waals surface area contributed by atoms with Gasteiger partial charge in [-0.15, -0.1) is 0 Å². The maximum Gasteiger partial charge on any atom is 0.163 e. The summed E-state index contributed by atoms with van der Waals surface area (Å²) >= 11 is 0. The normalized spacial score (nSPS) is 9.50. The fourth-order valence-corrected chi connectivity index (χ4v) is 1.29. The van der Waals surface area contributed by atoms with Crippen LogP contribution < -0.4 is 5.32 Å². The zero-order valence-corrected chi connectivity index (χ0v) is 8.68. The Labute approximate surface area is 92.8 Å². The molecule has 0 amide bonds. The average molecular weight is 211 g/mol. The summed E-state index contributed by atoms with van der Waals surface area (Å²) in [6.07, 6.45) is 4.87. The van der Waals surface area contributed by atoms with E-state index < -0.39 is 0 Å². The minimum atomic E-state index is 0.426. The summed E-state index contributed by atoms with van der Waals surface area (Å²) in [5.74, 6) is 1.08. The van der Waals surface area contributed by atoms with E-state index in [0.717, 1.165) is 5.56 Å². The highest BCUT2D eigenvalue weighted by Crippen LogP contribution is 2.17. The van der Waals surface area contributed by atoms with E-state index in [1.807, 2.05) is 18.2 Å². The number of aromatic nitrogens is 3. The third-order valence-electron chi connectivity index (χ3n) is 2.07. The van der Waals surface area contributed by atoms with Gasteiger partial charge >= 0.3 is 0 Å². The van der Waals surface area contributed by atoms with Crippen LogP contribution in [0.3, 0.4) is 0 Å². The third-order valence-corrected chi connectivity index (χ3v) is 2.07. The molecule has 16 heavy (non-hydrogen) atoms. The van der Waals surface area contributed by atoms with E-state index in [1.54, 1.807) is 19.4 Å². The van der Waals surface area contributed by atoms with Gasteiger partial charge in [-0.1, -0.05) is 0 Å². The van der Waals surface area contributed by atoms with Crippen LogP contribution in [0.25, 0.3) is 11.4 Å². The molecule has 0 aliphatic heterocycles. The minimum Gasteiger partial charge on any atom is -0.372 e. The molecule has 0 aliphatic rings. The van der Waals surface area contributed by atoms with Crippen LogP contribution in [0.15, 0.2) is 30.7 Å². The van der Waals surface area contributed by atoms with Crippen molar-refractivity contribution in [1.82, 2.24) is 15.0 Å². The van der Waals surface area contributed by atoms with Gasteiger partial charge in [-0.25, -0.2) is 9.97 Å². The van der Waals surface area contributed by atoms with Crippen molar-refractivity contribution in [3.8, 4) is 17.5 Å². The first-order chi connectivity index (χ1) is 7.85. The smallest absolute Gasteiger partial charge is 0.163 e. The molecule has 0 saturated heterocycles. The van der Waals surface area contributed by atoms with Gasteiger partial charge in [0.25, 0.3) is 0 Å². The zero-order chi connectivity index (χ0) is 11.4. The molecule has 0 aromatic carbocycles. The lowest BCUT2D eigenvalue weighted by atomic mass is 10.2. The minimum absolute atomic E-state index is 0.426. The third kappa shape index (κ3) is 1.81. The van der Waals surface area contributed by atoms with E-state index in [1.165, 1.54) is 6.20 Å². The lowest BCUT2D eigenvalue weighted by molar-refractivity contribution is 1.14. The van der Waals surface area contributed by atoms with Crippen molar-refractivity contribution in [2.45, 2.75) is 0 Å². The van der Waals surface area contributed by atoms with E-state index >= 15 is 0 Å². The molecule has 2 aromatic heterocycles. The van der Waals surface area contributed by atoms with Gasteiger partial charge in [-0.05, 0) is 12.1 Å². The van der Waals surface area contributed by atoms with Crippen molar-refractivity contribution < 1.29 is 0 Å². The molecule has 78 valence electrons. The van der Waals surface area contributed by atoms with Gasteiger partial charge < -0.3 is 5.32 Å². The Balaban J connectivity index is 2.49. The number of anilines is 1. The predicted molar refractivity (Wildman–Crippen MR) is 59.5 cm³/mol. The summed E-state index contributed by atoms with van der Waals surface area (Å²) in [6.45, 7) is 0. The number of nitrogens with one attached hydrogen (secondary N) is 1. The van der Waals surface area contributed by atoms with Crippen LogP contribution in [0, 0.1) is 11.3 Å². The van der Waals surface area contributed by atoms with E-state index in [2.05, 4.69) is 20.3 Å². The summed E-state index contributed by atoms with van der Waals surface area (Å²) in [4.78, 5) is 12.4. The predicted octanol–water partition coefficient (Wildman–Crippen LogP) is 1.45. The van der Waals surface area contributed by atoms with E-state index in [-0.39, 0.29) is 0 Å². The van der Waals surface area contributed by atoms with E-state index in [4.69, 9.17) is 5.26 Å². The number of hydrogen-bond acceptors (Lipinski definition) is 5. The summed E-state index contributed by atoms with van der Waals surface area (Å²) in [6, 6.07) is 5.71. The van der Waals surface area contributed by atoms with Crippen LogP contribution in [0.5, 0.6) is 0 Å². The van der Waals surface area contributed by atoms with Crippen LogP contribution >= 0.6 is 0 Å². The quantitative estimate of drug-likeness (QED) is 0.813. The van der Waals surface area contributed by atoms with Crippen LogP contribution in [0.1, 0.15) is 5.56 Å². The highest BCUT2D eigenvalue weighted by molar-refractivity contribution is 5.59. The molecule has 5 nitrogen and oxygen atoms in total. The summed E-state index contributed by atoms with van der Waals surface area (Å²) in [5, 5.41) is 11.7. The van der Waals surface area contributed by atoms with Gasteiger partial charge in [-0.3, -0.25) is 4.98 Å². The van der Waals surface area contributed by atoms with E-state index in [9.17, 15) is 0 Å². The molecule has 2 aromatic rings. The summed E-state index contributed by atoms with van der Waals surface area (Å²) in [7, 11) is 1.72. The Morgan fingerprint density at radius 2 is 2.25 bits per heavy atom. The fraction of sp³-hybridized carbons (Fsp3) is 0.0909. The molecule has 2 heterocycles. The number of hydrogen-bond donors (Lipinski definition) is 1. The zero-order valence-electron chi connectivity index (χ0n) is 8.68. The Hall–Kier alpha value is -2.48. The van der Waals surface area contributed by atoms with Crippen molar-refractivity contribution in [2.75, 3.05) is 12.4 Å². The van der Waals surface area contributed by atoms with E-state index in [0.29, 0.717) is 17.2 Å². The Morgan fingerprint density at radius 3 is 2.88 bits per heavy atom. The number of nitriles is 1. The topological polar surface area (TPSA) is 74.5 Å². The fourth-order valence-electron chi connectivity index (χ4n) is 1.29. The van der Waals surface area contributed by atoms with Gasteiger partial charge in [-0.2, -0.15) is 5.26 Å². The second-order valence-electron chi connectivity index (χ2n) is 3.06. The number of nitrogens with zero attached hydrogens (tertiary/aromatic N) is 4. The molecule has 0 atom stereocenters. The summed E-state index contributed by atoms with van der Waals surface area (Å²) < 4.78 is 0. The molecule has 0 saturated carbocycles. The van der Waals surface area contributed by atoms with Crippen LogP contribution in [-0.4, -0.2) is 22.0 Å². The van der Waals surface area contributed by atoms with Gasteiger partial charge in [0, 0.05) is 25.0 Å². The standard InChI is InChI=1S/C11H9N5/c1-13-10-9(5-12)7-15-11(16-10)8-3-2-4-14-6-8/h2-4,6-7H,1H3,(H,13,15,16). The second-order valence-corrected chi connectivity index (χ2v) is 3.06. The lowest BCUT2D eigenvalue weighted by Crippen LogP contribution is -1.99. The van der Waals surface area contributed by atoms with Gasteiger partial charge in [0.1, 0.15) is 17.5 Å². The highest BCUT2D eigenvalue weighted by Gasteiger charge is 2.06. The van der Waals surface area contributed by atoms with Crippen molar-refractivity contribution in [1.29, 1.82) is 5.26 Å². The van der Waals surface area contributed by atoms with Gasteiger partial charge in [0.2, 0.25) is 0 Å². The van der Waals surface area contributed by atoms with Crippen LogP contribution in [-0.2, 0) is 0 Å². The molecule has 0 aliphatic carbocycles. The SMILES string of the molecule is CNc1nc(-c2cccnc2)ncc1C#N. The molecule has 1 N–H and O–H groups in total. The lowest BCUT2D eigenvalue weighted by Gasteiger charge is -2.04. The number of pyridine rings is 1. The van der Waals surface area contributed by atoms with Crippen molar-refractivity contribution in [2.24, 2.45) is 0 Å². The molecular weight excluding hydrogens is 202 g/mol. The van der Waals surface area contributed by atoms with Crippen molar-refractivity contribution >= 4 is 5.82 Å². The molecule has 0 bridgehead atoms. The highest BCUT2D eigenvalue weighted by atomic mass is 15.0. The van der Waals surface area contributed by atoms with Crippen molar-refractivity contribution in [3.63, 3.8) is 0 Å². The van der Waals surface area contributed by atoms with Gasteiger partial charge in [0.15, 0.2) is 5.82 Å². The molecular formula is C11H9N5. The number of rotatable bonds is 2. The Morgan fingerprint density at radius 1 is 1.38 bits per heavy atom. The van der Waals surface area contributed by atoms with Crippen LogP contribution in [0.2, 0.25) is 0 Å². The maximum atomic E-state index is 8.83.